The molecule has 0 unspecified atom stereocenters. The summed E-state index contributed by atoms with van der Waals surface area (Å²) >= 11 is 3.06. The summed E-state index contributed by atoms with van der Waals surface area (Å²) in [5.41, 5.74) is 4.83. The lowest BCUT2D eigenvalue weighted by Gasteiger charge is -2.10. The van der Waals surface area contributed by atoms with Crippen LogP contribution in [0.3, 0.4) is 0 Å². The summed E-state index contributed by atoms with van der Waals surface area (Å²) in [6.45, 7) is -0.0886. The Bertz CT molecular complexity index is 413. The number of aromatic nitrogens is 1. The van der Waals surface area contributed by atoms with Crippen LogP contribution in [0.15, 0.2) is 10.5 Å². The molecule has 1 heterocycles. The van der Waals surface area contributed by atoms with Crippen molar-refractivity contribution in [2.24, 2.45) is 5.73 Å². The predicted octanol–water partition coefficient (Wildman–Crippen LogP) is 2.03. The Morgan fingerprint density at radius 2 is 2.31 bits per heavy atom. The molecule has 0 aliphatic rings. The zero-order valence-electron chi connectivity index (χ0n) is 8.34. The van der Waals surface area contributed by atoms with Gasteiger partial charge in [-0.1, -0.05) is 15.9 Å². The van der Waals surface area contributed by atoms with E-state index < -0.39 is 18.1 Å². The SMILES string of the molecule is COC(=O)c1cc(Br)c(CN)c(C(F)F)n1. The number of ether oxygens (including phenoxy) is 1. The van der Waals surface area contributed by atoms with Crippen LogP contribution in [0.2, 0.25) is 0 Å². The van der Waals surface area contributed by atoms with Crippen LogP contribution in [0, 0.1) is 0 Å². The van der Waals surface area contributed by atoms with Crippen molar-refractivity contribution >= 4 is 21.9 Å². The topological polar surface area (TPSA) is 65.2 Å². The molecule has 0 spiro atoms. The summed E-state index contributed by atoms with van der Waals surface area (Å²) in [7, 11) is 1.15. The molecule has 0 aromatic carbocycles. The first kappa shape index (κ1) is 13.0. The van der Waals surface area contributed by atoms with E-state index in [0.29, 0.717) is 4.47 Å². The summed E-state index contributed by atoms with van der Waals surface area (Å²) in [4.78, 5) is 14.7. The molecule has 0 aliphatic heterocycles. The van der Waals surface area contributed by atoms with Gasteiger partial charge in [-0.05, 0) is 6.07 Å². The van der Waals surface area contributed by atoms with Gasteiger partial charge in [-0.2, -0.15) is 0 Å². The van der Waals surface area contributed by atoms with Crippen LogP contribution in [0.25, 0.3) is 0 Å². The molecule has 1 aromatic heterocycles. The molecular weight excluding hydrogens is 286 g/mol. The molecular formula is C9H9BrF2N2O2. The van der Waals surface area contributed by atoms with Crippen molar-refractivity contribution in [2.45, 2.75) is 13.0 Å². The number of hydrogen-bond acceptors (Lipinski definition) is 4. The zero-order valence-corrected chi connectivity index (χ0v) is 9.92. The molecule has 0 fully saturated rings. The molecule has 16 heavy (non-hydrogen) atoms. The fourth-order valence-electron chi connectivity index (χ4n) is 1.15. The van der Waals surface area contributed by atoms with Crippen LogP contribution in [-0.2, 0) is 11.3 Å². The highest BCUT2D eigenvalue weighted by Crippen LogP contribution is 2.27. The van der Waals surface area contributed by atoms with Gasteiger partial charge in [-0.15, -0.1) is 0 Å². The fraction of sp³-hybridized carbons (Fsp3) is 0.333. The Hall–Kier alpha value is -1.08. The van der Waals surface area contributed by atoms with Crippen molar-refractivity contribution in [1.82, 2.24) is 4.98 Å². The van der Waals surface area contributed by atoms with Crippen LogP contribution in [0.5, 0.6) is 0 Å². The van der Waals surface area contributed by atoms with E-state index in [1.54, 1.807) is 0 Å². The summed E-state index contributed by atoms with van der Waals surface area (Å²) in [6, 6.07) is 1.31. The number of hydrogen-bond donors (Lipinski definition) is 1. The summed E-state index contributed by atoms with van der Waals surface area (Å²) in [5, 5.41) is 0. The van der Waals surface area contributed by atoms with Gasteiger partial charge in [0.2, 0.25) is 0 Å². The number of pyridine rings is 1. The van der Waals surface area contributed by atoms with Gasteiger partial charge in [-0.25, -0.2) is 18.6 Å². The lowest BCUT2D eigenvalue weighted by atomic mass is 10.1. The number of nitrogens with two attached hydrogens (primary N) is 1. The van der Waals surface area contributed by atoms with Crippen molar-refractivity contribution in [1.29, 1.82) is 0 Å². The highest BCUT2D eigenvalue weighted by molar-refractivity contribution is 9.10. The van der Waals surface area contributed by atoms with Crippen molar-refractivity contribution in [3.63, 3.8) is 0 Å². The lowest BCUT2D eigenvalue weighted by molar-refractivity contribution is 0.0592. The maximum Gasteiger partial charge on any atom is 0.356 e. The van der Waals surface area contributed by atoms with E-state index in [2.05, 4.69) is 25.7 Å². The number of nitrogens with zero attached hydrogens (tertiary/aromatic N) is 1. The molecule has 88 valence electrons. The van der Waals surface area contributed by atoms with Crippen LogP contribution in [0.4, 0.5) is 8.78 Å². The molecule has 7 heteroatoms. The van der Waals surface area contributed by atoms with Gasteiger partial charge < -0.3 is 10.5 Å². The van der Waals surface area contributed by atoms with Gasteiger partial charge in [0.15, 0.2) is 0 Å². The van der Waals surface area contributed by atoms with Gasteiger partial charge in [0.25, 0.3) is 6.43 Å². The van der Waals surface area contributed by atoms with Crippen molar-refractivity contribution in [2.75, 3.05) is 7.11 Å². The van der Waals surface area contributed by atoms with Crippen LogP contribution in [0.1, 0.15) is 28.2 Å². The minimum absolute atomic E-state index is 0.0886. The molecule has 0 saturated carbocycles. The first-order chi connectivity index (χ1) is 7.51. The molecule has 0 aliphatic carbocycles. The third kappa shape index (κ3) is 2.53. The third-order valence-corrected chi connectivity index (χ3v) is 2.61. The van der Waals surface area contributed by atoms with E-state index in [0.717, 1.165) is 7.11 Å². The highest BCUT2D eigenvalue weighted by Gasteiger charge is 2.20. The number of halogens is 3. The Kier molecular flexibility index (Phi) is 4.31. The van der Waals surface area contributed by atoms with Crippen molar-refractivity contribution < 1.29 is 18.3 Å². The van der Waals surface area contributed by atoms with E-state index in [1.807, 2.05) is 0 Å². The number of carbonyl (C=O) groups excluding carboxylic acids is 1. The van der Waals surface area contributed by atoms with Gasteiger partial charge >= 0.3 is 5.97 Å². The average Bonchev–Trinajstić information content (AvgIpc) is 2.26. The van der Waals surface area contributed by atoms with Crippen LogP contribution in [-0.4, -0.2) is 18.1 Å². The molecule has 0 amide bonds. The zero-order chi connectivity index (χ0) is 12.3. The normalized spacial score (nSPS) is 10.6. The predicted molar refractivity (Wildman–Crippen MR) is 56.1 cm³/mol. The van der Waals surface area contributed by atoms with E-state index in [1.165, 1.54) is 6.07 Å². The minimum atomic E-state index is -2.79. The Balaban J connectivity index is 3.33. The number of esters is 1. The Morgan fingerprint density at radius 3 is 2.75 bits per heavy atom. The summed E-state index contributed by atoms with van der Waals surface area (Å²) in [6.07, 6.45) is -2.79. The maximum atomic E-state index is 12.7. The molecule has 2 N–H and O–H groups in total. The molecule has 0 atom stereocenters. The first-order valence-electron chi connectivity index (χ1n) is 4.27. The number of methoxy groups -OCH3 is 1. The standard InChI is InChI=1S/C9H9BrF2N2O2/c1-16-9(15)6-2-5(10)4(3-13)7(14-6)8(11)12/h2,8H,3,13H2,1H3. The van der Waals surface area contributed by atoms with E-state index in [4.69, 9.17) is 5.73 Å². The van der Waals surface area contributed by atoms with E-state index >= 15 is 0 Å². The molecule has 1 rings (SSSR count). The molecule has 0 radical (unpaired) electrons. The fourth-order valence-corrected chi connectivity index (χ4v) is 1.73. The number of alkyl halides is 2. The van der Waals surface area contributed by atoms with Crippen molar-refractivity contribution in [3.05, 3.63) is 27.5 Å². The molecule has 0 saturated heterocycles. The number of carbonyl (C=O) groups is 1. The third-order valence-electron chi connectivity index (χ3n) is 1.91. The van der Waals surface area contributed by atoms with Crippen molar-refractivity contribution in [3.8, 4) is 0 Å². The molecule has 4 nitrogen and oxygen atoms in total. The second-order valence-corrected chi connectivity index (χ2v) is 3.70. The smallest absolute Gasteiger partial charge is 0.356 e. The van der Waals surface area contributed by atoms with E-state index in [9.17, 15) is 13.6 Å². The second-order valence-electron chi connectivity index (χ2n) is 2.85. The van der Waals surface area contributed by atoms with Gasteiger partial charge in [0, 0.05) is 16.6 Å². The monoisotopic (exact) mass is 294 g/mol. The average molecular weight is 295 g/mol. The maximum absolute atomic E-state index is 12.7. The van der Waals surface area contributed by atoms with E-state index in [-0.39, 0.29) is 17.8 Å². The summed E-state index contributed by atoms with van der Waals surface area (Å²) < 4.78 is 30.0. The lowest BCUT2D eigenvalue weighted by Crippen LogP contribution is -2.11. The minimum Gasteiger partial charge on any atom is -0.464 e. The van der Waals surface area contributed by atoms with Crippen LogP contribution >= 0.6 is 15.9 Å². The van der Waals surface area contributed by atoms with Gasteiger partial charge in [0.05, 0.1) is 7.11 Å². The molecule has 1 aromatic rings. The van der Waals surface area contributed by atoms with Crippen LogP contribution < -0.4 is 5.73 Å². The second kappa shape index (κ2) is 5.31. The molecule has 0 bridgehead atoms. The largest absolute Gasteiger partial charge is 0.464 e. The van der Waals surface area contributed by atoms with Gasteiger partial charge in [0.1, 0.15) is 11.4 Å². The Labute approximate surface area is 98.9 Å². The Morgan fingerprint density at radius 1 is 1.69 bits per heavy atom. The first-order valence-corrected chi connectivity index (χ1v) is 5.06. The highest BCUT2D eigenvalue weighted by atomic mass is 79.9. The number of rotatable bonds is 3. The quantitative estimate of drug-likeness (QED) is 0.866. The summed E-state index contributed by atoms with van der Waals surface area (Å²) in [5.74, 6) is -0.772. The van der Waals surface area contributed by atoms with Gasteiger partial charge in [-0.3, -0.25) is 0 Å².